The predicted octanol–water partition coefficient (Wildman–Crippen LogP) is 3.67. The fourth-order valence-corrected chi connectivity index (χ4v) is 3.17. The van der Waals surface area contributed by atoms with Gasteiger partial charge in [0.1, 0.15) is 0 Å². The molecular weight excluding hydrogens is 220 g/mol. The molecule has 0 amide bonds. The molecule has 2 aromatic rings. The molecule has 1 heteroatoms. The Balaban J connectivity index is 2.09. The van der Waals surface area contributed by atoms with Crippen LogP contribution in [0.1, 0.15) is 38.9 Å². The second-order valence-electron chi connectivity index (χ2n) is 4.92. The van der Waals surface area contributed by atoms with E-state index in [1.165, 1.54) is 11.1 Å². The summed E-state index contributed by atoms with van der Waals surface area (Å²) in [7, 11) is 0. The van der Waals surface area contributed by atoms with Gasteiger partial charge in [0.25, 0.3) is 0 Å². The van der Waals surface area contributed by atoms with Crippen LogP contribution in [0.5, 0.6) is 0 Å². The van der Waals surface area contributed by atoms with Crippen molar-refractivity contribution in [2.24, 2.45) is 0 Å². The Kier molecular flexibility index (Phi) is 1.87. The maximum Gasteiger partial charge on any atom is 0.174 e. The van der Waals surface area contributed by atoms with Gasteiger partial charge in [-0.1, -0.05) is 60.7 Å². The summed E-state index contributed by atoms with van der Waals surface area (Å²) in [6, 6.07) is 16.3. The molecule has 3 aliphatic carbocycles. The third kappa shape index (κ3) is 1.14. The lowest BCUT2D eigenvalue weighted by Crippen LogP contribution is -2.11. The molecule has 0 aliphatic heterocycles. The Bertz CT molecular complexity index is 682. The van der Waals surface area contributed by atoms with E-state index in [1.54, 1.807) is 0 Å². The highest BCUT2D eigenvalue weighted by molar-refractivity contribution is 6.05. The third-order valence-corrected chi connectivity index (χ3v) is 4.01. The van der Waals surface area contributed by atoms with Gasteiger partial charge in [-0.2, -0.15) is 0 Å². The molecule has 2 aromatic carbocycles. The van der Waals surface area contributed by atoms with Crippen LogP contribution in [0.2, 0.25) is 0 Å². The summed E-state index contributed by atoms with van der Waals surface area (Å²) >= 11 is 0. The first kappa shape index (κ1) is 9.84. The van der Waals surface area contributed by atoms with E-state index in [-0.39, 0.29) is 17.6 Å². The van der Waals surface area contributed by atoms with Crippen molar-refractivity contribution in [3.8, 4) is 0 Å². The van der Waals surface area contributed by atoms with Crippen LogP contribution >= 0.6 is 0 Å². The molecule has 1 nitrogen and oxygen atoms in total. The van der Waals surface area contributed by atoms with Crippen LogP contribution in [0.25, 0.3) is 0 Å². The Morgan fingerprint density at radius 3 is 2.00 bits per heavy atom. The van der Waals surface area contributed by atoms with Crippen LogP contribution in [0.4, 0.5) is 0 Å². The average Bonchev–Trinajstić information content (AvgIpc) is 2.64. The van der Waals surface area contributed by atoms with Crippen molar-refractivity contribution in [2.45, 2.75) is 11.8 Å². The van der Waals surface area contributed by atoms with Gasteiger partial charge in [0.15, 0.2) is 5.78 Å². The molecule has 0 saturated carbocycles. The molecule has 0 aromatic heterocycles. The number of carbonyl (C=O) groups excluding carboxylic acids is 1. The molecule has 0 saturated heterocycles. The molecule has 2 atom stereocenters. The van der Waals surface area contributed by atoms with Gasteiger partial charge in [-0.05, 0) is 16.7 Å². The van der Waals surface area contributed by atoms with Crippen molar-refractivity contribution < 1.29 is 4.79 Å². The molecule has 0 N–H and O–H groups in total. The van der Waals surface area contributed by atoms with Crippen LogP contribution < -0.4 is 0 Å². The second-order valence-corrected chi connectivity index (χ2v) is 4.92. The minimum absolute atomic E-state index is 0.0962. The van der Waals surface area contributed by atoms with E-state index in [1.807, 2.05) is 24.3 Å². The highest BCUT2D eigenvalue weighted by Crippen LogP contribution is 2.43. The first-order chi connectivity index (χ1) is 8.86. The van der Waals surface area contributed by atoms with Crippen molar-refractivity contribution in [1.29, 1.82) is 0 Å². The van der Waals surface area contributed by atoms with E-state index in [0.717, 1.165) is 11.1 Å². The topological polar surface area (TPSA) is 17.1 Å². The number of hydrogen-bond acceptors (Lipinski definition) is 1. The monoisotopic (exact) mass is 232 g/mol. The number of ketones is 1. The van der Waals surface area contributed by atoms with Crippen LogP contribution in [0.3, 0.4) is 0 Å². The maximum atomic E-state index is 12.6. The summed E-state index contributed by atoms with van der Waals surface area (Å²) in [5.74, 6) is 0.371. The van der Waals surface area contributed by atoms with E-state index in [9.17, 15) is 4.79 Å². The Hall–Kier alpha value is -2.15. The van der Waals surface area contributed by atoms with Gasteiger partial charge in [-0.3, -0.25) is 4.79 Å². The Morgan fingerprint density at radius 2 is 1.22 bits per heavy atom. The largest absolute Gasteiger partial charge is 0.293 e. The first-order valence-corrected chi connectivity index (χ1v) is 6.26. The fourth-order valence-electron chi connectivity index (χ4n) is 3.17. The van der Waals surface area contributed by atoms with Gasteiger partial charge in [-0.25, -0.2) is 0 Å². The Labute approximate surface area is 106 Å². The van der Waals surface area contributed by atoms with E-state index in [0.29, 0.717) is 0 Å². The number of hydrogen-bond donors (Lipinski definition) is 0. The quantitative estimate of drug-likeness (QED) is 0.633. The lowest BCUT2D eigenvalue weighted by atomic mass is 9.82. The van der Waals surface area contributed by atoms with E-state index < -0.39 is 0 Å². The fraction of sp³-hybridized carbons (Fsp3) is 0.118. The van der Waals surface area contributed by atoms with E-state index >= 15 is 0 Å². The number of allylic oxidation sites excluding steroid dienone is 2. The van der Waals surface area contributed by atoms with Gasteiger partial charge in [0.05, 0.1) is 5.92 Å². The minimum atomic E-state index is -0.0962. The first-order valence-electron chi connectivity index (χ1n) is 6.26. The standard InChI is InChI=1S/C17H12O/c18-17-15-8-4-3-7-13(15)14-9-10-16(17)12-6-2-1-5-11(12)14/h1-10,14,16H. The zero-order valence-corrected chi connectivity index (χ0v) is 9.84. The molecule has 86 valence electrons. The highest BCUT2D eigenvalue weighted by Gasteiger charge is 2.34. The molecular formula is C17H12O. The number of benzene rings is 2. The smallest absolute Gasteiger partial charge is 0.174 e. The summed E-state index contributed by atoms with van der Waals surface area (Å²) in [6.45, 7) is 0. The van der Waals surface area contributed by atoms with Gasteiger partial charge in [0.2, 0.25) is 0 Å². The van der Waals surface area contributed by atoms with Gasteiger partial charge in [0, 0.05) is 11.5 Å². The van der Waals surface area contributed by atoms with Crippen molar-refractivity contribution in [3.63, 3.8) is 0 Å². The second kappa shape index (κ2) is 3.42. The van der Waals surface area contributed by atoms with Crippen LogP contribution in [0, 0.1) is 0 Å². The average molecular weight is 232 g/mol. The van der Waals surface area contributed by atoms with Crippen molar-refractivity contribution >= 4 is 5.78 Å². The minimum Gasteiger partial charge on any atom is -0.293 e. The van der Waals surface area contributed by atoms with Crippen LogP contribution in [-0.4, -0.2) is 5.78 Å². The van der Waals surface area contributed by atoms with Crippen molar-refractivity contribution in [1.82, 2.24) is 0 Å². The normalized spacial score (nSPS) is 23.4. The van der Waals surface area contributed by atoms with Gasteiger partial charge < -0.3 is 0 Å². The van der Waals surface area contributed by atoms with E-state index in [4.69, 9.17) is 0 Å². The van der Waals surface area contributed by atoms with Gasteiger partial charge >= 0.3 is 0 Å². The summed E-state index contributed by atoms with van der Waals surface area (Å²) in [6.07, 6.45) is 4.24. The Morgan fingerprint density at radius 1 is 0.667 bits per heavy atom. The summed E-state index contributed by atoms with van der Waals surface area (Å²) in [4.78, 5) is 12.6. The number of carbonyl (C=O) groups is 1. The van der Waals surface area contributed by atoms with Gasteiger partial charge in [-0.15, -0.1) is 0 Å². The zero-order valence-electron chi connectivity index (χ0n) is 9.84. The third-order valence-electron chi connectivity index (χ3n) is 4.01. The van der Waals surface area contributed by atoms with Crippen molar-refractivity contribution in [3.05, 3.63) is 82.9 Å². The van der Waals surface area contributed by atoms with Crippen LogP contribution in [0.15, 0.2) is 60.7 Å². The molecule has 3 aliphatic rings. The molecule has 0 radical (unpaired) electrons. The molecule has 0 spiro atoms. The summed E-state index contributed by atoms with van der Waals surface area (Å²) < 4.78 is 0. The molecule has 5 rings (SSSR count). The summed E-state index contributed by atoms with van der Waals surface area (Å²) in [5.41, 5.74) is 4.48. The van der Waals surface area contributed by atoms with E-state index in [2.05, 4.69) is 36.4 Å². The lowest BCUT2D eigenvalue weighted by Gasteiger charge is -2.21. The lowest BCUT2D eigenvalue weighted by molar-refractivity contribution is 0.0977. The summed E-state index contributed by atoms with van der Waals surface area (Å²) in [5, 5.41) is 0. The number of Topliss-reactive ketones (excluding diaryl/α,β-unsaturated/α-hetero) is 1. The highest BCUT2D eigenvalue weighted by atomic mass is 16.1. The van der Waals surface area contributed by atoms with Crippen LogP contribution in [-0.2, 0) is 0 Å². The SMILES string of the molecule is O=C1c2ccccc2C2C=CC1c1ccccc12. The maximum absolute atomic E-state index is 12.6. The molecule has 2 bridgehead atoms. The molecule has 0 heterocycles. The van der Waals surface area contributed by atoms with Crippen molar-refractivity contribution in [2.75, 3.05) is 0 Å². The predicted molar refractivity (Wildman–Crippen MR) is 70.9 cm³/mol. The zero-order chi connectivity index (χ0) is 12.1. The molecule has 18 heavy (non-hydrogen) atoms. The molecule has 0 fully saturated rings. The molecule has 2 unspecified atom stereocenters. The number of rotatable bonds is 0.